The highest BCUT2D eigenvalue weighted by Crippen LogP contribution is 2.27. The SMILES string of the molecule is CCn1cnc2c(NC3CCN(S(=O)O)C3)nc(NC(CC(F)(F)F)C(C)O)nc21. The number of alkyl halides is 3. The average molecular weight is 451 g/mol. The van der Waals surface area contributed by atoms with Crippen molar-refractivity contribution in [3.05, 3.63) is 6.33 Å². The van der Waals surface area contributed by atoms with Gasteiger partial charge in [0.05, 0.1) is 24.9 Å². The number of rotatable bonds is 8. The Kier molecular flexibility index (Phi) is 6.79. The van der Waals surface area contributed by atoms with Crippen LogP contribution in [0, 0.1) is 0 Å². The van der Waals surface area contributed by atoms with Gasteiger partial charge in [-0.2, -0.15) is 27.4 Å². The smallest absolute Gasteiger partial charge is 0.391 e. The summed E-state index contributed by atoms with van der Waals surface area (Å²) < 4.78 is 62.2. The second kappa shape index (κ2) is 8.99. The lowest BCUT2D eigenvalue weighted by molar-refractivity contribution is -0.141. The Morgan fingerprint density at radius 1 is 1.40 bits per heavy atom. The monoisotopic (exact) mass is 451 g/mol. The van der Waals surface area contributed by atoms with E-state index in [9.17, 15) is 27.0 Å². The van der Waals surface area contributed by atoms with Crippen molar-refractivity contribution in [2.45, 2.75) is 57.6 Å². The van der Waals surface area contributed by atoms with Crippen LogP contribution in [0.2, 0.25) is 0 Å². The predicted molar refractivity (Wildman–Crippen MR) is 105 cm³/mol. The Labute approximate surface area is 173 Å². The van der Waals surface area contributed by atoms with Crippen LogP contribution in [0.5, 0.6) is 0 Å². The number of aryl methyl sites for hydroxylation is 1. The van der Waals surface area contributed by atoms with Gasteiger partial charge in [-0.15, -0.1) is 0 Å². The Hall–Kier alpha value is -2.03. The molecule has 14 heteroatoms. The molecule has 0 bridgehead atoms. The molecule has 2 aromatic rings. The van der Waals surface area contributed by atoms with E-state index in [1.54, 1.807) is 10.9 Å². The number of aliphatic hydroxyl groups excluding tert-OH is 1. The maximum Gasteiger partial charge on any atom is 0.391 e. The predicted octanol–water partition coefficient (Wildman–Crippen LogP) is 1.58. The Bertz CT molecular complexity index is 908. The van der Waals surface area contributed by atoms with Crippen LogP contribution in [-0.4, -0.2) is 75.1 Å². The normalized spacial score (nSPS) is 21.0. The van der Waals surface area contributed by atoms with Gasteiger partial charge in [-0.3, -0.25) is 4.55 Å². The first-order valence-electron chi connectivity index (χ1n) is 9.44. The van der Waals surface area contributed by atoms with E-state index in [-0.39, 0.29) is 12.0 Å². The number of nitrogens with one attached hydrogen (secondary N) is 2. The third-order valence-electron chi connectivity index (χ3n) is 4.87. The Morgan fingerprint density at radius 2 is 2.13 bits per heavy atom. The summed E-state index contributed by atoms with van der Waals surface area (Å²) in [7, 11) is 0. The highest BCUT2D eigenvalue weighted by molar-refractivity contribution is 7.76. The van der Waals surface area contributed by atoms with Crippen molar-refractivity contribution >= 4 is 34.2 Å². The zero-order valence-corrected chi connectivity index (χ0v) is 17.2. The average Bonchev–Trinajstić information content (AvgIpc) is 3.26. The maximum atomic E-state index is 12.9. The van der Waals surface area contributed by atoms with Crippen molar-refractivity contribution in [2.75, 3.05) is 23.7 Å². The number of imidazole rings is 1. The molecule has 0 spiro atoms. The van der Waals surface area contributed by atoms with E-state index < -0.39 is 36.0 Å². The van der Waals surface area contributed by atoms with Gasteiger partial charge in [0.1, 0.15) is 0 Å². The summed E-state index contributed by atoms with van der Waals surface area (Å²) in [6.45, 7) is 4.39. The topological polar surface area (TPSA) is 128 Å². The summed E-state index contributed by atoms with van der Waals surface area (Å²) in [5.74, 6) is 0.234. The molecular weight excluding hydrogens is 427 g/mol. The lowest BCUT2D eigenvalue weighted by atomic mass is 10.1. The van der Waals surface area contributed by atoms with Gasteiger partial charge >= 0.3 is 6.18 Å². The molecule has 3 rings (SSSR count). The van der Waals surface area contributed by atoms with Crippen LogP contribution in [0.25, 0.3) is 11.2 Å². The molecular formula is C16H24F3N7O3S. The summed E-state index contributed by atoms with van der Waals surface area (Å²) in [5.41, 5.74) is 0.866. The van der Waals surface area contributed by atoms with Crippen LogP contribution in [0.1, 0.15) is 26.7 Å². The second-order valence-corrected chi connectivity index (χ2v) is 8.14. The van der Waals surface area contributed by atoms with Crippen molar-refractivity contribution in [1.29, 1.82) is 0 Å². The number of hydrogen-bond donors (Lipinski definition) is 4. The number of anilines is 2. The van der Waals surface area contributed by atoms with Crippen LogP contribution in [0.15, 0.2) is 6.33 Å². The summed E-state index contributed by atoms with van der Waals surface area (Å²) in [5, 5.41) is 15.5. The van der Waals surface area contributed by atoms with E-state index in [2.05, 4.69) is 25.6 Å². The number of halogens is 3. The highest BCUT2D eigenvalue weighted by Gasteiger charge is 2.35. The molecule has 0 aliphatic carbocycles. The molecule has 1 aliphatic rings. The molecule has 0 amide bonds. The zero-order chi connectivity index (χ0) is 22.1. The van der Waals surface area contributed by atoms with Gasteiger partial charge in [0, 0.05) is 25.7 Å². The van der Waals surface area contributed by atoms with E-state index in [1.807, 2.05) is 6.92 Å². The third-order valence-corrected chi connectivity index (χ3v) is 5.64. The number of aliphatic hydroxyl groups is 1. The van der Waals surface area contributed by atoms with E-state index in [0.717, 1.165) is 0 Å². The highest BCUT2D eigenvalue weighted by atomic mass is 32.2. The van der Waals surface area contributed by atoms with Crippen molar-refractivity contribution in [3.8, 4) is 0 Å². The molecule has 0 aromatic carbocycles. The molecule has 0 saturated carbocycles. The minimum atomic E-state index is -4.47. The molecule has 3 heterocycles. The molecule has 2 aromatic heterocycles. The van der Waals surface area contributed by atoms with Gasteiger partial charge in [0.25, 0.3) is 0 Å². The van der Waals surface area contributed by atoms with Gasteiger partial charge in [-0.05, 0) is 20.3 Å². The van der Waals surface area contributed by atoms with E-state index in [4.69, 9.17) is 0 Å². The Morgan fingerprint density at radius 3 is 2.70 bits per heavy atom. The van der Waals surface area contributed by atoms with Gasteiger partial charge < -0.3 is 20.3 Å². The summed E-state index contributed by atoms with van der Waals surface area (Å²) in [6, 6.07) is -1.52. The number of aromatic nitrogens is 4. The maximum absolute atomic E-state index is 12.9. The molecule has 30 heavy (non-hydrogen) atoms. The van der Waals surface area contributed by atoms with Crippen LogP contribution >= 0.6 is 0 Å². The molecule has 1 aliphatic heterocycles. The van der Waals surface area contributed by atoms with Gasteiger partial charge in [-0.1, -0.05) is 0 Å². The fourth-order valence-corrected chi connectivity index (χ4v) is 3.85. The molecule has 4 unspecified atom stereocenters. The largest absolute Gasteiger partial charge is 0.391 e. The van der Waals surface area contributed by atoms with Gasteiger partial charge in [0.2, 0.25) is 17.2 Å². The van der Waals surface area contributed by atoms with Gasteiger partial charge in [0.15, 0.2) is 17.0 Å². The minimum Gasteiger partial charge on any atom is -0.391 e. The summed E-state index contributed by atoms with van der Waals surface area (Å²) >= 11 is -2.08. The van der Waals surface area contributed by atoms with Crippen molar-refractivity contribution in [2.24, 2.45) is 0 Å². The standard InChI is InChI=1S/C16H24F3N7O3S/c1-3-25-8-20-12-13(21-10-4-5-26(7-10)30(28)29)23-15(24-14(12)25)22-11(9(2)27)6-16(17,18)19/h8-11,27H,3-7H2,1-2H3,(H,28,29)(H2,21,22,23,24). The molecule has 0 radical (unpaired) electrons. The van der Waals surface area contributed by atoms with Crippen molar-refractivity contribution in [1.82, 2.24) is 23.8 Å². The minimum absolute atomic E-state index is 0.0732. The second-order valence-electron chi connectivity index (χ2n) is 7.16. The first kappa shape index (κ1) is 22.7. The number of nitrogens with zero attached hydrogens (tertiary/aromatic N) is 5. The van der Waals surface area contributed by atoms with Crippen LogP contribution in [-0.2, 0) is 17.8 Å². The third kappa shape index (κ3) is 5.36. The van der Waals surface area contributed by atoms with E-state index in [0.29, 0.717) is 43.0 Å². The van der Waals surface area contributed by atoms with Crippen LogP contribution in [0.3, 0.4) is 0 Å². The fourth-order valence-electron chi connectivity index (χ4n) is 3.28. The van der Waals surface area contributed by atoms with Crippen LogP contribution < -0.4 is 10.6 Å². The molecule has 4 N–H and O–H groups in total. The lowest BCUT2D eigenvalue weighted by Crippen LogP contribution is -2.36. The van der Waals surface area contributed by atoms with Crippen molar-refractivity contribution < 1.29 is 27.0 Å². The number of fused-ring (bicyclic) bond motifs is 1. The molecule has 1 fully saturated rings. The first-order valence-corrected chi connectivity index (χ1v) is 10.5. The van der Waals surface area contributed by atoms with E-state index >= 15 is 0 Å². The molecule has 4 atom stereocenters. The molecule has 168 valence electrons. The quantitative estimate of drug-likeness (QED) is 0.446. The fraction of sp³-hybridized carbons (Fsp3) is 0.688. The molecule has 1 saturated heterocycles. The number of hydrogen-bond acceptors (Lipinski definition) is 7. The van der Waals surface area contributed by atoms with E-state index in [1.165, 1.54) is 11.2 Å². The zero-order valence-electron chi connectivity index (χ0n) is 16.4. The van der Waals surface area contributed by atoms with Crippen LogP contribution in [0.4, 0.5) is 24.9 Å². The lowest BCUT2D eigenvalue weighted by Gasteiger charge is -2.23. The first-order chi connectivity index (χ1) is 14.1. The van der Waals surface area contributed by atoms with Gasteiger partial charge in [-0.25, -0.2) is 9.19 Å². The Balaban J connectivity index is 1.90. The summed E-state index contributed by atoms with van der Waals surface area (Å²) in [4.78, 5) is 12.9. The van der Waals surface area contributed by atoms with Crippen molar-refractivity contribution in [3.63, 3.8) is 0 Å². The summed E-state index contributed by atoms with van der Waals surface area (Å²) in [6.07, 6.45) is -4.87. The molecule has 10 nitrogen and oxygen atoms in total.